The third-order valence-electron chi connectivity index (χ3n) is 5.48. The zero-order valence-electron chi connectivity index (χ0n) is 15.0. The fraction of sp³-hybridized carbons (Fsp3) is 0.300. The highest BCUT2D eigenvalue weighted by atomic mass is 79.9. The minimum absolute atomic E-state index is 0.170. The first-order valence-electron chi connectivity index (χ1n) is 8.40. The third-order valence-corrected chi connectivity index (χ3v) is 5.97. The van der Waals surface area contributed by atoms with E-state index in [1.807, 2.05) is 12.1 Å². The molecular weight excluding hydrogens is 395 g/mol. The molecule has 0 atom stereocenters. The van der Waals surface area contributed by atoms with E-state index >= 15 is 0 Å². The van der Waals surface area contributed by atoms with E-state index in [0.717, 1.165) is 10.0 Å². The second-order valence-electron chi connectivity index (χ2n) is 7.58. The van der Waals surface area contributed by atoms with Crippen molar-refractivity contribution in [2.45, 2.75) is 38.6 Å². The second-order valence-corrected chi connectivity index (χ2v) is 8.49. The minimum Gasteiger partial charge on any atom is -0.274 e. The molecule has 6 heteroatoms. The normalized spacial score (nSPS) is 17.7. The first-order valence-corrected chi connectivity index (χ1v) is 9.19. The van der Waals surface area contributed by atoms with Gasteiger partial charge in [-0.2, -0.15) is 0 Å². The monoisotopic (exact) mass is 412 g/mol. The van der Waals surface area contributed by atoms with Gasteiger partial charge in [0.05, 0.1) is 11.1 Å². The molecule has 0 saturated heterocycles. The fourth-order valence-corrected chi connectivity index (χ4v) is 3.61. The zero-order valence-corrected chi connectivity index (χ0v) is 16.6. The Balaban J connectivity index is 1.98. The molecule has 26 heavy (non-hydrogen) atoms. The number of benzene rings is 2. The number of fused-ring (bicyclic) bond motifs is 2. The van der Waals surface area contributed by atoms with Crippen molar-refractivity contribution in [1.29, 1.82) is 0 Å². The maximum atomic E-state index is 13.9. The van der Waals surface area contributed by atoms with Crippen molar-refractivity contribution in [3.05, 3.63) is 63.6 Å². The van der Waals surface area contributed by atoms with Crippen molar-refractivity contribution in [3.63, 3.8) is 0 Å². The quantitative estimate of drug-likeness (QED) is 0.574. The van der Waals surface area contributed by atoms with Crippen molar-refractivity contribution in [1.82, 2.24) is 15.2 Å². The molecule has 0 fully saturated rings. The Morgan fingerprint density at radius 2 is 1.77 bits per heavy atom. The summed E-state index contributed by atoms with van der Waals surface area (Å²) in [6.07, 6.45) is 0. The van der Waals surface area contributed by atoms with Gasteiger partial charge in [0.2, 0.25) is 5.82 Å². The second kappa shape index (κ2) is 5.64. The van der Waals surface area contributed by atoms with Gasteiger partial charge in [-0.25, -0.2) is 9.37 Å². The number of aromatic nitrogens is 3. The SMILES string of the molecule is CC1(C)N=C(c2nnc3c(F)cccc3n2)c2ccc(Br)cc2C1(C)C. The summed E-state index contributed by atoms with van der Waals surface area (Å²) in [4.78, 5) is 9.52. The smallest absolute Gasteiger partial charge is 0.201 e. The Bertz CT molecular complexity index is 1070. The summed E-state index contributed by atoms with van der Waals surface area (Å²) in [5.41, 5.74) is 2.94. The van der Waals surface area contributed by atoms with Crippen LogP contribution in [0.1, 0.15) is 44.6 Å². The van der Waals surface area contributed by atoms with Crippen LogP contribution in [0.4, 0.5) is 4.39 Å². The first-order chi connectivity index (χ1) is 12.2. The van der Waals surface area contributed by atoms with Gasteiger partial charge in [-0.3, -0.25) is 4.99 Å². The Hall–Kier alpha value is -2.21. The van der Waals surface area contributed by atoms with E-state index in [0.29, 0.717) is 17.1 Å². The Labute approximate surface area is 159 Å². The summed E-state index contributed by atoms with van der Waals surface area (Å²) in [5, 5.41) is 8.24. The predicted octanol–water partition coefficient (Wildman–Crippen LogP) is 4.83. The molecular formula is C20H18BrFN4. The third kappa shape index (κ3) is 2.47. The molecule has 1 aliphatic rings. The van der Waals surface area contributed by atoms with E-state index in [-0.39, 0.29) is 16.5 Å². The van der Waals surface area contributed by atoms with Gasteiger partial charge in [0.1, 0.15) is 11.2 Å². The van der Waals surface area contributed by atoms with Gasteiger partial charge in [0, 0.05) is 15.5 Å². The highest BCUT2D eigenvalue weighted by Crippen LogP contribution is 2.44. The van der Waals surface area contributed by atoms with Crippen LogP contribution in [0.15, 0.2) is 45.9 Å². The van der Waals surface area contributed by atoms with Crippen molar-refractivity contribution in [2.75, 3.05) is 0 Å². The van der Waals surface area contributed by atoms with E-state index in [1.54, 1.807) is 12.1 Å². The van der Waals surface area contributed by atoms with Gasteiger partial charge in [-0.05, 0) is 43.7 Å². The number of rotatable bonds is 1. The van der Waals surface area contributed by atoms with Crippen LogP contribution in [0, 0.1) is 5.82 Å². The summed E-state index contributed by atoms with van der Waals surface area (Å²) in [5.74, 6) is -0.0133. The lowest BCUT2D eigenvalue weighted by molar-refractivity contribution is 0.303. The topological polar surface area (TPSA) is 51.0 Å². The van der Waals surface area contributed by atoms with Gasteiger partial charge in [0.15, 0.2) is 5.82 Å². The molecule has 4 nitrogen and oxygen atoms in total. The summed E-state index contributed by atoms with van der Waals surface area (Å²) >= 11 is 3.57. The summed E-state index contributed by atoms with van der Waals surface area (Å²) in [7, 11) is 0. The zero-order chi connectivity index (χ0) is 18.7. The number of hydrogen-bond donors (Lipinski definition) is 0. The van der Waals surface area contributed by atoms with Gasteiger partial charge in [0.25, 0.3) is 0 Å². The van der Waals surface area contributed by atoms with Gasteiger partial charge >= 0.3 is 0 Å². The number of aliphatic imine (C=N–C) groups is 1. The van der Waals surface area contributed by atoms with E-state index in [9.17, 15) is 4.39 Å². The van der Waals surface area contributed by atoms with Crippen LogP contribution in [0.2, 0.25) is 0 Å². The average Bonchev–Trinajstić information content (AvgIpc) is 2.59. The Morgan fingerprint density at radius 3 is 2.54 bits per heavy atom. The van der Waals surface area contributed by atoms with Crippen molar-refractivity contribution in [2.24, 2.45) is 4.99 Å². The molecule has 0 spiro atoms. The highest BCUT2D eigenvalue weighted by Gasteiger charge is 2.44. The van der Waals surface area contributed by atoms with Crippen molar-refractivity contribution >= 4 is 32.7 Å². The Morgan fingerprint density at radius 1 is 1.00 bits per heavy atom. The van der Waals surface area contributed by atoms with Gasteiger partial charge < -0.3 is 0 Å². The lowest BCUT2D eigenvalue weighted by Gasteiger charge is -2.44. The molecule has 0 amide bonds. The Kier molecular flexibility index (Phi) is 3.74. The average molecular weight is 413 g/mol. The molecule has 0 aliphatic carbocycles. The van der Waals surface area contributed by atoms with E-state index in [1.165, 1.54) is 11.6 Å². The maximum Gasteiger partial charge on any atom is 0.201 e. The van der Waals surface area contributed by atoms with Crippen LogP contribution in [0.5, 0.6) is 0 Å². The molecule has 2 aromatic carbocycles. The van der Waals surface area contributed by atoms with E-state index < -0.39 is 5.82 Å². The molecule has 0 radical (unpaired) electrons. The number of nitrogens with zero attached hydrogens (tertiary/aromatic N) is 4. The molecule has 0 saturated carbocycles. The highest BCUT2D eigenvalue weighted by molar-refractivity contribution is 9.10. The molecule has 4 rings (SSSR count). The largest absolute Gasteiger partial charge is 0.274 e. The fourth-order valence-electron chi connectivity index (χ4n) is 3.25. The van der Waals surface area contributed by atoms with Crippen LogP contribution in [-0.2, 0) is 5.41 Å². The first kappa shape index (κ1) is 17.2. The minimum atomic E-state index is -0.426. The number of halogens is 2. The van der Waals surface area contributed by atoms with E-state index in [4.69, 9.17) is 4.99 Å². The standard InChI is InChI=1S/C20H18BrFN4/c1-19(2)13-10-11(21)8-9-12(13)16(24-20(19,3)4)18-23-15-7-5-6-14(22)17(15)25-26-18/h5-10H,1-4H3. The van der Waals surface area contributed by atoms with Crippen molar-refractivity contribution < 1.29 is 4.39 Å². The van der Waals surface area contributed by atoms with Crippen LogP contribution in [0.3, 0.4) is 0 Å². The molecule has 132 valence electrons. The van der Waals surface area contributed by atoms with E-state index in [2.05, 4.69) is 64.9 Å². The lowest BCUT2D eigenvalue weighted by atomic mass is 9.66. The maximum absolute atomic E-state index is 13.9. The van der Waals surface area contributed by atoms with Gasteiger partial charge in [-0.15, -0.1) is 10.2 Å². The van der Waals surface area contributed by atoms with Crippen LogP contribution >= 0.6 is 15.9 Å². The molecule has 1 aliphatic heterocycles. The lowest BCUT2D eigenvalue weighted by Crippen LogP contribution is -2.46. The van der Waals surface area contributed by atoms with Crippen LogP contribution < -0.4 is 0 Å². The molecule has 0 bridgehead atoms. The van der Waals surface area contributed by atoms with Crippen LogP contribution in [0.25, 0.3) is 11.0 Å². The van der Waals surface area contributed by atoms with Crippen LogP contribution in [-0.4, -0.2) is 26.4 Å². The van der Waals surface area contributed by atoms with Crippen molar-refractivity contribution in [3.8, 4) is 0 Å². The molecule has 0 unspecified atom stereocenters. The summed E-state index contributed by atoms with van der Waals surface area (Å²) in [6, 6.07) is 10.8. The molecule has 3 aromatic rings. The summed E-state index contributed by atoms with van der Waals surface area (Å²) in [6.45, 7) is 8.58. The molecule has 0 N–H and O–H groups in total. The molecule has 1 aromatic heterocycles. The summed E-state index contributed by atoms with van der Waals surface area (Å²) < 4.78 is 14.9. The predicted molar refractivity (Wildman–Crippen MR) is 104 cm³/mol. The number of hydrogen-bond acceptors (Lipinski definition) is 4. The molecule has 2 heterocycles. The van der Waals surface area contributed by atoms with Gasteiger partial charge in [-0.1, -0.05) is 41.9 Å².